The van der Waals surface area contributed by atoms with Gasteiger partial charge in [0.1, 0.15) is 5.82 Å². The summed E-state index contributed by atoms with van der Waals surface area (Å²) >= 11 is 5.84. The summed E-state index contributed by atoms with van der Waals surface area (Å²) < 4.78 is 15.3. The van der Waals surface area contributed by atoms with Gasteiger partial charge >= 0.3 is 0 Å². The molecular weight excluding hydrogens is 229 g/mol. The molecular formula is C11H11ClFN3. The first-order valence-electron chi connectivity index (χ1n) is 4.80. The van der Waals surface area contributed by atoms with Crippen molar-refractivity contribution in [3.63, 3.8) is 0 Å². The Hall–Kier alpha value is -1.39. The van der Waals surface area contributed by atoms with Crippen LogP contribution in [0.3, 0.4) is 0 Å². The van der Waals surface area contributed by atoms with Gasteiger partial charge in [-0.3, -0.25) is 4.68 Å². The number of aromatic nitrogens is 2. The van der Waals surface area contributed by atoms with Crippen LogP contribution in [0.2, 0.25) is 5.02 Å². The average Bonchev–Trinajstić information content (AvgIpc) is 2.63. The Morgan fingerprint density at radius 3 is 2.88 bits per heavy atom. The van der Waals surface area contributed by atoms with Crippen LogP contribution in [0.4, 0.5) is 4.39 Å². The van der Waals surface area contributed by atoms with Crippen molar-refractivity contribution >= 4 is 11.6 Å². The summed E-state index contributed by atoms with van der Waals surface area (Å²) in [5, 5.41) is 4.55. The fraction of sp³-hybridized carbons (Fsp3) is 0.182. The van der Waals surface area contributed by atoms with E-state index in [1.54, 1.807) is 24.0 Å². The molecule has 0 atom stereocenters. The van der Waals surface area contributed by atoms with E-state index in [0.717, 1.165) is 5.69 Å². The summed E-state index contributed by atoms with van der Waals surface area (Å²) in [6.45, 7) is 0.303. The lowest BCUT2D eigenvalue weighted by Crippen LogP contribution is -2.05. The minimum absolute atomic E-state index is 0.303. The van der Waals surface area contributed by atoms with Crippen LogP contribution in [0, 0.1) is 5.82 Å². The molecule has 0 spiro atoms. The molecule has 0 aliphatic heterocycles. The molecule has 0 amide bonds. The van der Waals surface area contributed by atoms with Crippen LogP contribution < -0.4 is 5.73 Å². The molecule has 5 heteroatoms. The predicted molar refractivity (Wildman–Crippen MR) is 61.5 cm³/mol. The van der Waals surface area contributed by atoms with Crippen LogP contribution in [-0.2, 0) is 13.6 Å². The van der Waals surface area contributed by atoms with E-state index < -0.39 is 0 Å². The summed E-state index contributed by atoms with van der Waals surface area (Å²) in [6.07, 6.45) is 1.59. The fourth-order valence-electron chi connectivity index (χ4n) is 1.63. The van der Waals surface area contributed by atoms with E-state index >= 15 is 0 Å². The van der Waals surface area contributed by atoms with Crippen LogP contribution in [0.15, 0.2) is 24.4 Å². The molecule has 2 N–H and O–H groups in total. The molecule has 16 heavy (non-hydrogen) atoms. The Bertz CT molecular complexity index is 522. The summed E-state index contributed by atoms with van der Waals surface area (Å²) in [6, 6.07) is 4.43. The SMILES string of the molecule is Cn1ncc(-c2cc(Cl)ccc2F)c1CN. The zero-order valence-electron chi connectivity index (χ0n) is 8.74. The zero-order chi connectivity index (χ0) is 11.7. The van der Waals surface area contributed by atoms with Crippen molar-refractivity contribution in [2.45, 2.75) is 6.54 Å². The molecule has 0 fully saturated rings. The Morgan fingerprint density at radius 2 is 2.19 bits per heavy atom. The molecule has 0 saturated carbocycles. The number of hydrogen-bond acceptors (Lipinski definition) is 2. The van der Waals surface area contributed by atoms with E-state index in [4.69, 9.17) is 17.3 Å². The minimum atomic E-state index is -0.327. The van der Waals surface area contributed by atoms with Gasteiger partial charge in [-0.05, 0) is 18.2 Å². The van der Waals surface area contributed by atoms with Crippen molar-refractivity contribution < 1.29 is 4.39 Å². The van der Waals surface area contributed by atoms with Gasteiger partial charge in [-0.1, -0.05) is 11.6 Å². The van der Waals surface area contributed by atoms with Crippen LogP contribution in [0.1, 0.15) is 5.69 Å². The van der Waals surface area contributed by atoms with E-state index in [2.05, 4.69) is 5.10 Å². The van der Waals surface area contributed by atoms with Crippen LogP contribution in [0.25, 0.3) is 11.1 Å². The number of hydrogen-bond donors (Lipinski definition) is 1. The summed E-state index contributed by atoms with van der Waals surface area (Å²) in [7, 11) is 1.77. The number of benzene rings is 1. The fourth-order valence-corrected chi connectivity index (χ4v) is 1.81. The topological polar surface area (TPSA) is 43.8 Å². The second-order valence-electron chi connectivity index (χ2n) is 3.46. The highest BCUT2D eigenvalue weighted by molar-refractivity contribution is 6.30. The monoisotopic (exact) mass is 239 g/mol. The van der Waals surface area contributed by atoms with Crippen LogP contribution in [0.5, 0.6) is 0 Å². The molecule has 0 bridgehead atoms. The van der Waals surface area contributed by atoms with Gasteiger partial charge in [0.05, 0.1) is 11.9 Å². The molecule has 0 saturated heterocycles. The summed E-state index contributed by atoms with van der Waals surface area (Å²) in [4.78, 5) is 0. The van der Waals surface area contributed by atoms with Gasteiger partial charge in [0.2, 0.25) is 0 Å². The Morgan fingerprint density at radius 1 is 1.44 bits per heavy atom. The van der Waals surface area contributed by atoms with Crippen molar-refractivity contribution in [2.75, 3.05) is 0 Å². The van der Waals surface area contributed by atoms with E-state index in [-0.39, 0.29) is 5.82 Å². The number of nitrogens with two attached hydrogens (primary N) is 1. The lowest BCUT2D eigenvalue weighted by Gasteiger charge is -2.05. The molecule has 0 aliphatic rings. The quantitative estimate of drug-likeness (QED) is 0.874. The molecule has 2 aromatic rings. The van der Waals surface area contributed by atoms with Gasteiger partial charge in [-0.25, -0.2) is 4.39 Å². The van der Waals surface area contributed by atoms with Gasteiger partial charge in [0, 0.05) is 29.7 Å². The maximum Gasteiger partial charge on any atom is 0.131 e. The van der Waals surface area contributed by atoms with Crippen molar-refractivity contribution in [3.05, 3.63) is 40.9 Å². The molecule has 0 unspecified atom stereocenters. The zero-order valence-corrected chi connectivity index (χ0v) is 9.50. The largest absolute Gasteiger partial charge is 0.325 e. The third kappa shape index (κ3) is 1.81. The van der Waals surface area contributed by atoms with Gasteiger partial charge in [0.15, 0.2) is 0 Å². The smallest absolute Gasteiger partial charge is 0.131 e. The second-order valence-corrected chi connectivity index (χ2v) is 3.89. The van der Waals surface area contributed by atoms with E-state index in [9.17, 15) is 4.39 Å². The lowest BCUT2D eigenvalue weighted by atomic mass is 10.1. The first-order chi connectivity index (χ1) is 7.63. The molecule has 1 aromatic carbocycles. The number of halogens is 2. The van der Waals surface area contributed by atoms with Crippen LogP contribution >= 0.6 is 11.6 Å². The normalized spacial score (nSPS) is 10.8. The highest BCUT2D eigenvalue weighted by Crippen LogP contribution is 2.28. The second kappa shape index (κ2) is 4.23. The first-order valence-corrected chi connectivity index (χ1v) is 5.17. The van der Waals surface area contributed by atoms with Crippen molar-refractivity contribution in [2.24, 2.45) is 12.8 Å². The molecule has 2 rings (SSSR count). The number of rotatable bonds is 2. The van der Waals surface area contributed by atoms with Gasteiger partial charge in [-0.15, -0.1) is 0 Å². The first kappa shape index (κ1) is 11.1. The molecule has 0 radical (unpaired) electrons. The van der Waals surface area contributed by atoms with E-state index in [0.29, 0.717) is 22.7 Å². The molecule has 84 valence electrons. The van der Waals surface area contributed by atoms with Gasteiger partial charge < -0.3 is 5.73 Å². The van der Waals surface area contributed by atoms with Crippen molar-refractivity contribution in [1.29, 1.82) is 0 Å². The molecule has 3 nitrogen and oxygen atoms in total. The average molecular weight is 240 g/mol. The van der Waals surface area contributed by atoms with E-state index in [1.807, 2.05) is 0 Å². The minimum Gasteiger partial charge on any atom is -0.325 e. The molecule has 0 aliphatic carbocycles. The summed E-state index contributed by atoms with van der Waals surface area (Å²) in [5.41, 5.74) is 7.50. The maximum absolute atomic E-state index is 13.6. The molecule has 1 aromatic heterocycles. The number of aryl methyl sites for hydroxylation is 1. The maximum atomic E-state index is 13.6. The Labute approximate surface area is 97.6 Å². The third-order valence-electron chi connectivity index (χ3n) is 2.47. The predicted octanol–water partition coefficient (Wildman–Crippen LogP) is 2.34. The van der Waals surface area contributed by atoms with Crippen molar-refractivity contribution in [1.82, 2.24) is 9.78 Å². The third-order valence-corrected chi connectivity index (χ3v) is 2.71. The van der Waals surface area contributed by atoms with E-state index in [1.165, 1.54) is 12.1 Å². The van der Waals surface area contributed by atoms with Crippen molar-refractivity contribution in [3.8, 4) is 11.1 Å². The van der Waals surface area contributed by atoms with Crippen LogP contribution in [-0.4, -0.2) is 9.78 Å². The number of nitrogens with zero attached hydrogens (tertiary/aromatic N) is 2. The Kier molecular flexibility index (Phi) is 2.94. The highest BCUT2D eigenvalue weighted by Gasteiger charge is 2.13. The standard InChI is InChI=1S/C11H11ClFN3/c1-16-11(5-14)9(6-15-16)8-4-7(12)2-3-10(8)13/h2-4,6H,5,14H2,1H3. The highest BCUT2D eigenvalue weighted by atomic mass is 35.5. The lowest BCUT2D eigenvalue weighted by molar-refractivity contribution is 0.631. The summed E-state index contributed by atoms with van der Waals surface area (Å²) in [5.74, 6) is -0.327. The van der Waals surface area contributed by atoms with Gasteiger partial charge in [0.25, 0.3) is 0 Å². The van der Waals surface area contributed by atoms with Gasteiger partial charge in [-0.2, -0.15) is 5.10 Å². The molecule has 1 heterocycles. The Balaban J connectivity index is 2.62.